The molecule has 0 saturated carbocycles. The average molecular weight is 413 g/mol. The molecule has 0 aliphatic carbocycles. The fourth-order valence-corrected chi connectivity index (χ4v) is 4.69. The lowest BCUT2D eigenvalue weighted by molar-refractivity contribution is 0.485. The maximum Gasteiger partial charge on any atom is 0.241 e. The Hall–Kier alpha value is 0.0900. The largest absolute Gasteiger partial charge is 0.241 e. The summed E-state index contributed by atoms with van der Waals surface area (Å²) >= 11 is 6.60. The number of hydrogen-bond donors (Lipinski definition) is 1. The van der Waals surface area contributed by atoms with Gasteiger partial charge in [0, 0.05) is 15.0 Å². The van der Waals surface area contributed by atoms with E-state index in [2.05, 4.69) is 50.4 Å². The van der Waals surface area contributed by atoms with Crippen LogP contribution in [0.2, 0.25) is 0 Å². The third-order valence-corrected chi connectivity index (χ3v) is 5.78. The highest BCUT2D eigenvalue weighted by atomic mass is 79.9. The van der Waals surface area contributed by atoms with Crippen LogP contribution in [0.25, 0.3) is 0 Å². The molecule has 19 heavy (non-hydrogen) atoms. The minimum atomic E-state index is -3.47. The second-order valence-electron chi connectivity index (χ2n) is 5.07. The lowest BCUT2D eigenvalue weighted by Gasteiger charge is -2.16. The SMILES string of the molecule is CC(C)CCC(C)NS(=O)(=O)c1ccc(Br)cc1Br. The van der Waals surface area contributed by atoms with Crippen LogP contribution < -0.4 is 4.72 Å². The van der Waals surface area contributed by atoms with Crippen LogP contribution in [0.3, 0.4) is 0 Å². The summed E-state index contributed by atoms with van der Waals surface area (Å²) in [5.41, 5.74) is 0. The lowest BCUT2D eigenvalue weighted by Crippen LogP contribution is -2.33. The quantitative estimate of drug-likeness (QED) is 0.756. The van der Waals surface area contributed by atoms with Crippen molar-refractivity contribution in [1.29, 1.82) is 0 Å². The van der Waals surface area contributed by atoms with Crippen LogP contribution in [0.1, 0.15) is 33.6 Å². The third kappa shape index (κ3) is 5.53. The van der Waals surface area contributed by atoms with Crippen LogP contribution in [-0.4, -0.2) is 14.5 Å². The number of rotatable bonds is 6. The lowest BCUT2D eigenvalue weighted by atomic mass is 10.1. The predicted molar refractivity (Wildman–Crippen MR) is 85.7 cm³/mol. The number of sulfonamides is 1. The second-order valence-corrected chi connectivity index (χ2v) is 8.52. The van der Waals surface area contributed by atoms with Crippen LogP contribution in [-0.2, 0) is 10.0 Å². The first-order valence-corrected chi connectivity index (χ1v) is 9.26. The van der Waals surface area contributed by atoms with E-state index in [0.29, 0.717) is 10.4 Å². The molecule has 6 heteroatoms. The molecule has 0 amide bonds. The molecule has 0 aliphatic rings. The van der Waals surface area contributed by atoms with Gasteiger partial charge in [0.05, 0.1) is 4.90 Å². The Balaban J connectivity index is 2.81. The Morgan fingerprint density at radius 2 is 1.79 bits per heavy atom. The zero-order chi connectivity index (χ0) is 14.6. The summed E-state index contributed by atoms with van der Waals surface area (Å²) in [6.45, 7) is 6.16. The normalized spacial score (nSPS) is 13.8. The molecule has 108 valence electrons. The van der Waals surface area contributed by atoms with Gasteiger partial charge in [-0.25, -0.2) is 13.1 Å². The zero-order valence-corrected chi connectivity index (χ0v) is 15.3. The molecule has 1 atom stereocenters. The number of halogens is 2. The summed E-state index contributed by atoms with van der Waals surface area (Å²) in [5, 5.41) is 0. The van der Waals surface area contributed by atoms with E-state index in [4.69, 9.17) is 0 Å². The molecule has 0 aliphatic heterocycles. The average Bonchev–Trinajstić information content (AvgIpc) is 2.25. The van der Waals surface area contributed by atoms with Gasteiger partial charge in [-0.1, -0.05) is 29.8 Å². The van der Waals surface area contributed by atoms with E-state index < -0.39 is 10.0 Å². The first kappa shape index (κ1) is 17.1. The first-order valence-electron chi connectivity index (χ1n) is 6.19. The van der Waals surface area contributed by atoms with Crippen molar-refractivity contribution in [2.45, 2.75) is 44.6 Å². The molecule has 1 N–H and O–H groups in total. The molecule has 0 saturated heterocycles. The Bertz CT molecular complexity index is 529. The van der Waals surface area contributed by atoms with Crippen LogP contribution in [0.5, 0.6) is 0 Å². The van der Waals surface area contributed by atoms with Gasteiger partial charge < -0.3 is 0 Å². The molecular weight excluding hydrogens is 394 g/mol. The summed E-state index contributed by atoms with van der Waals surface area (Å²) in [4.78, 5) is 0.270. The first-order chi connectivity index (χ1) is 8.72. The van der Waals surface area contributed by atoms with Crippen molar-refractivity contribution in [3.63, 3.8) is 0 Å². The Kier molecular flexibility index (Phi) is 6.50. The highest BCUT2D eigenvalue weighted by Crippen LogP contribution is 2.26. The molecule has 0 bridgehead atoms. The smallest absolute Gasteiger partial charge is 0.208 e. The van der Waals surface area contributed by atoms with E-state index in [0.717, 1.165) is 17.3 Å². The van der Waals surface area contributed by atoms with E-state index in [-0.39, 0.29) is 10.9 Å². The Morgan fingerprint density at radius 3 is 2.32 bits per heavy atom. The van der Waals surface area contributed by atoms with Crippen molar-refractivity contribution in [3.05, 3.63) is 27.1 Å². The summed E-state index contributed by atoms with van der Waals surface area (Å²) in [6, 6.07) is 4.97. The Labute approximate surface area is 132 Å². The van der Waals surface area contributed by atoms with Gasteiger partial charge in [0.25, 0.3) is 0 Å². The summed E-state index contributed by atoms with van der Waals surface area (Å²) < 4.78 is 28.6. The van der Waals surface area contributed by atoms with E-state index in [1.54, 1.807) is 18.2 Å². The third-order valence-electron chi connectivity index (χ3n) is 2.72. The van der Waals surface area contributed by atoms with E-state index in [9.17, 15) is 8.42 Å². The number of nitrogens with one attached hydrogen (secondary N) is 1. The Morgan fingerprint density at radius 1 is 1.16 bits per heavy atom. The van der Waals surface area contributed by atoms with Crippen LogP contribution in [0, 0.1) is 5.92 Å². The van der Waals surface area contributed by atoms with Crippen LogP contribution >= 0.6 is 31.9 Å². The molecular formula is C13H19Br2NO2S. The van der Waals surface area contributed by atoms with Crippen molar-refractivity contribution >= 4 is 41.9 Å². The van der Waals surface area contributed by atoms with Crippen molar-refractivity contribution in [2.75, 3.05) is 0 Å². The van der Waals surface area contributed by atoms with Gasteiger partial charge in [0.2, 0.25) is 10.0 Å². The molecule has 0 heterocycles. The van der Waals surface area contributed by atoms with Crippen LogP contribution in [0.15, 0.2) is 32.0 Å². The fraction of sp³-hybridized carbons (Fsp3) is 0.538. The number of hydrogen-bond acceptors (Lipinski definition) is 2. The molecule has 0 aromatic heterocycles. The summed E-state index contributed by atoms with van der Waals surface area (Å²) in [5.74, 6) is 0.575. The molecule has 1 aromatic rings. The fourth-order valence-electron chi connectivity index (χ4n) is 1.66. The minimum absolute atomic E-state index is 0.0667. The van der Waals surface area contributed by atoms with Gasteiger partial charge in [-0.15, -0.1) is 0 Å². The van der Waals surface area contributed by atoms with Crippen molar-refractivity contribution < 1.29 is 8.42 Å². The maximum atomic E-state index is 12.3. The molecule has 3 nitrogen and oxygen atoms in total. The van der Waals surface area contributed by atoms with Gasteiger partial charge in [0.15, 0.2) is 0 Å². The standard InChI is InChI=1S/C13H19Br2NO2S/c1-9(2)4-5-10(3)16-19(17,18)13-7-6-11(14)8-12(13)15/h6-10,16H,4-5H2,1-3H3. The topological polar surface area (TPSA) is 46.2 Å². The van der Waals surface area contributed by atoms with Gasteiger partial charge in [-0.3, -0.25) is 0 Å². The molecule has 0 radical (unpaired) electrons. The van der Waals surface area contributed by atoms with Gasteiger partial charge in [0.1, 0.15) is 0 Å². The van der Waals surface area contributed by atoms with Gasteiger partial charge in [-0.2, -0.15) is 0 Å². The summed E-state index contributed by atoms with van der Waals surface area (Å²) in [7, 11) is -3.47. The molecule has 0 spiro atoms. The van der Waals surface area contributed by atoms with E-state index >= 15 is 0 Å². The molecule has 1 rings (SSSR count). The predicted octanol–water partition coefficient (Wildman–Crippen LogP) is 4.31. The maximum absolute atomic E-state index is 12.3. The second kappa shape index (κ2) is 7.20. The highest BCUT2D eigenvalue weighted by Gasteiger charge is 2.20. The van der Waals surface area contributed by atoms with Crippen molar-refractivity contribution in [2.24, 2.45) is 5.92 Å². The van der Waals surface area contributed by atoms with E-state index in [1.807, 2.05) is 6.92 Å². The van der Waals surface area contributed by atoms with Gasteiger partial charge in [-0.05, 0) is 59.8 Å². The highest BCUT2D eigenvalue weighted by molar-refractivity contribution is 9.11. The molecule has 0 fully saturated rings. The van der Waals surface area contributed by atoms with Gasteiger partial charge >= 0.3 is 0 Å². The van der Waals surface area contributed by atoms with Crippen LogP contribution in [0.4, 0.5) is 0 Å². The molecule has 1 aromatic carbocycles. The minimum Gasteiger partial charge on any atom is -0.208 e. The van der Waals surface area contributed by atoms with E-state index in [1.165, 1.54) is 0 Å². The van der Waals surface area contributed by atoms with Crippen molar-refractivity contribution in [3.8, 4) is 0 Å². The van der Waals surface area contributed by atoms with Crippen molar-refractivity contribution in [1.82, 2.24) is 4.72 Å². The summed E-state index contributed by atoms with van der Waals surface area (Å²) in [6.07, 6.45) is 1.84. The number of benzene rings is 1. The monoisotopic (exact) mass is 411 g/mol. The molecule has 1 unspecified atom stereocenters. The zero-order valence-electron chi connectivity index (χ0n) is 11.3.